The lowest BCUT2D eigenvalue weighted by molar-refractivity contribution is 0.271. The molecule has 8 heteroatoms. The molecule has 1 N–H and O–H groups in total. The summed E-state index contributed by atoms with van der Waals surface area (Å²) in [6.07, 6.45) is 0.725. The Labute approximate surface area is 171 Å². The molecule has 2 aliphatic rings. The molecule has 6 nitrogen and oxygen atoms in total. The predicted molar refractivity (Wildman–Crippen MR) is 112 cm³/mol. The first kappa shape index (κ1) is 19.4. The van der Waals surface area contributed by atoms with Gasteiger partial charge < -0.3 is 14.5 Å². The second kappa shape index (κ2) is 7.81. The van der Waals surface area contributed by atoms with Gasteiger partial charge in [-0.2, -0.15) is 0 Å². The van der Waals surface area contributed by atoms with E-state index in [0.717, 1.165) is 56.1 Å². The molecule has 0 aliphatic carbocycles. The highest BCUT2D eigenvalue weighted by Gasteiger charge is 2.23. The van der Waals surface area contributed by atoms with Crippen molar-refractivity contribution in [2.45, 2.75) is 18.2 Å². The number of nitrogens with one attached hydrogen (secondary N) is 1. The van der Waals surface area contributed by atoms with E-state index in [0.29, 0.717) is 17.3 Å². The second-order valence-electron chi connectivity index (χ2n) is 7.06. The van der Waals surface area contributed by atoms with Gasteiger partial charge >= 0.3 is 0 Å². The zero-order valence-electron chi connectivity index (χ0n) is 15.8. The maximum Gasteiger partial charge on any atom is 0.261 e. The van der Waals surface area contributed by atoms with Crippen molar-refractivity contribution in [1.82, 2.24) is 4.90 Å². The Hall–Kier alpha value is -1.96. The van der Waals surface area contributed by atoms with Crippen LogP contribution in [0.15, 0.2) is 41.3 Å². The Bertz CT molecular complexity index is 973. The highest BCUT2D eigenvalue weighted by Crippen LogP contribution is 2.33. The Kier molecular flexibility index (Phi) is 5.40. The van der Waals surface area contributed by atoms with Crippen LogP contribution in [-0.4, -0.2) is 52.6 Å². The van der Waals surface area contributed by atoms with Gasteiger partial charge in [0, 0.05) is 37.6 Å². The van der Waals surface area contributed by atoms with Gasteiger partial charge in [-0.1, -0.05) is 18.5 Å². The van der Waals surface area contributed by atoms with Crippen LogP contribution in [0.4, 0.5) is 11.4 Å². The predicted octanol–water partition coefficient (Wildman–Crippen LogP) is 3.22. The quantitative estimate of drug-likeness (QED) is 0.803. The number of sulfonamides is 1. The molecule has 0 aromatic heterocycles. The summed E-state index contributed by atoms with van der Waals surface area (Å²) in [5.74, 6) is 0.760. The lowest BCUT2D eigenvalue weighted by Gasteiger charge is -2.36. The first-order valence-corrected chi connectivity index (χ1v) is 11.4. The Morgan fingerprint density at radius 1 is 1.11 bits per heavy atom. The largest absolute Gasteiger partial charge is 0.493 e. The van der Waals surface area contributed by atoms with Crippen molar-refractivity contribution in [2.75, 3.05) is 49.0 Å². The molecule has 1 fully saturated rings. The van der Waals surface area contributed by atoms with Crippen LogP contribution in [0.2, 0.25) is 5.02 Å². The third-order valence-electron chi connectivity index (χ3n) is 5.33. The van der Waals surface area contributed by atoms with Gasteiger partial charge in [0.2, 0.25) is 0 Å². The topological polar surface area (TPSA) is 61.9 Å². The van der Waals surface area contributed by atoms with Gasteiger partial charge in [0.05, 0.1) is 22.9 Å². The standard InChI is InChI=1S/C20H24ClN3O3S/c1-2-23-8-10-24(11-9-23)19-5-3-16(21)14-18(19)22-28(25,26)17-4-6-20-15(13-17)7-12-27-20/h3-6,13-14,22H,2,7-12H2,1H3. The van der Waals surface area contributed by atoms with Gasteiger partial charge in [0.15, 0.2) is 0 Å². The summed E-state index contributed by atoms with van der Waals surface area (Å²) in [5, 5.41) is 0.496. The summed E-state index contributed by atoms with van der Waals surface area (Å²) in [7, 11) is -3.73. The molecule has 2 aromatic rings. The van der Waals surface area contributed by atoms with Gasteiger partial charge in [-0.05, 0) is 48.5 Å². The van der Waals surface area contributed by atoms with E-state index in [1.54, 1.807) is 30.3 Å². The van der Waals surface area contributed by atoms with Crippen molar-refractivity contribution in [1.29, 1.82) is 0 Å². The molecule has 150 valence electrons. The smallest absolute Gasteiger partial charge is 0.261 e. The Morgan fingerprint density at radius 3 is 2.64 bits per heavy atom. The maximum atomic E-state index is 13.0. The molecule has 0 unspecified atom stereocenters. The van der Waals surface area contributed by atoms with Crippen molar-refractivity contribution in [2.24, 2.45) is 0 Å². The van der Waals surface area contributed by atoms with Crippen LogP contribution in [0.25, 0.3) is 0 Å². The van der Waals surface area contributed by atoms with Gasteiger partial charge in [-0.3, -0.25) is 4.72 Å². The number of ether oxygens (including phenoxy) is 1. The number of nitrogens with zero attached hydrogens (tertiary/aromatic N) is 2. The van der Waals surface area contributed by atoms with E-state index in [1.165, 1.54) is 0 Å². The fourth-order valence-corrected chi connectivity index (χ4v) is 4.99. The number of benzene rings is 2. The lowest BCUT2D eigenvalue weighted by Crippen LogP contribution is -2.46. The van der Waals surface area contributed by atoms with E-state index >= 15 is 0 Å². The number of anilines is 2. The van der Waals surface area contributed by atoms with Crippen LogP contribution in [-0.2, 0) is 16.4 Å². The van der Waals surface area contributed by atoms with Gasteiger partial charge in [0.25, 0.3) is 10.0 Å². The first-order chi connectivity index (χ1) is 13.5. The minimum absolute atomic E-state index is 0.235. The van der Waals surface area contributed by atoms with Crippen LogP contribution < -0.4 is 14.4 Å². The van der Waals surface area contributed by atoms with Crippen molar-refractivity contribution >= 4 is 33.0 Å². The van der Waals surface area contributed by atoms with Crippen molar-refractivity contribution in [3.05, 3.63) is 47.0 Å². The van der Waals surface area contributed by atoms with E-state index < -0.39 is 10.0 Å². The van der Waals surface area contributed by atoms with Crippen molar-refractivity contribution < 1.29 is 13.2 Å². The number of likely N-dealkylation sites (N-methyl/N-ethyl adjacent to an activating group) is 1. The number of hydrogen-bond donors (Lipinski definition) is 1. The lowest BCUT2D eigenvalue weighted by atomic mass is 10.2. The van der Waals surface area contributed by atoms with Crippen LogP contribution >= 0.6 is 11.6 Å². The number of halogens is 1. The molecular formula is C20H24ClN3O3S. The normalized spacial score (nSPS) is 17.3. The molecule has 0 radical (unpaired) electrons. The molecule has 0 atom stereocenters. The van der Waals surface area contributed by atoms with E-state index in [2.05, 4.69) is 21.4 Å². The molecule has 4 rings (SSSR count). The van der Waals surface area contributed by atoms with Crippen LogP contribution in [0.3, 0.4) is 0 Å². The second-order valence-corrected chi connectivity index (χ2v) is 9.18. The fourth-order valence-electron chi connectivity index (χ4n) is 3.70. The Morgan fingerprint density at radius 2 is 1.89 bits per heavy atom. The summed E-state index contributed by atoms with van der Waals surface area (Å²) in [6, 6.07) is 10.4. The van der Waals surface area contributed by atoms with E-state index in [9.17, 15) is 8.42 Å². The minimum atomic E-state index is -3.73. The molecule has 0 saturated carbocycles. The van der Waals surface area contributed by atoms with E-state index in [-0.39, 0.29) is 4.90 Å². The fraction of sp³-hybridized carbons (Fsp3) is 0.400. The van der Waals surface area contributed by atoms with Gasteiger partial charge in [-0.25, -0.2) is 8.42 Å². The number of hydrogen-bond acceptors (Lipinski definition) is 5. The van der Waals surface area contributed by atoms with Gasteiger partial charge in [-0.15, -0.1) is 0 Å². The maximum absolute atomic E-state index is 13.0. The molecule has 0 bridgehead atoms. The number of rotatable bonds is 5. The summed E-state index contributed by atoms with van der Waals surface area (Å²) < 4.78 is 34.3. The van der Waals surface area contributed by atoms with Crippen LogP contribution in [0.1, 0.15) is 12.5 Å². The molecule has 2 aromatic carbocycles. The molecule has 2 aliphatic heterocycles. The highest BCUT2D eigenvalue weighted by atomic mass is 35.5. The van der Waals surface area contributed by atoms with Crippen molar-refractivity contribution in [3.63, 3.8) is 0 Å². The first-order valence-electron chi connectivity index (χ1n) is 9.51. The average molecular weight is 422 g/mol. The monoisotopic (exact) mass is 421 g/mol. The van der Waals surface area contributed by atoms with Crippen LogP contribution in [0, 0.1) is 0 Å². The summed E-state index contributed by atoms with van der Waals surface area (Å²) >= 11 is 6.17. The third-order valence-corrected chi connectivity index (χ3v) is 6.93. The molecule has 28 heavy (non-hydrogen) atoms. The third kappa shape index (κ3) is 3.92. The molecular weight excluding hydrogens is 398 g/mol. The molecule has 1 saturated heterocycles. The summed E-state index contributed by atoms with van der Waals surface area (Å²) in [5.41, 5.74) is 2.28. The zero-order chi connectivity index (χ0) is 19.7. The summed E-state index contributed by atoms with van der Waals surface area (Å²) in [4.78, 5) is 4.82. The van der Waals surface area contributed by atoms with E-state index in [4.69, 9.17) is 16.3 Å². The molecule has 0 spiro atoms. The van der Waals surface area contributed by atoms with Crippen LogP contribution in [0.5, 0.6) is 5.75 Å². The SMILES string of the molecule is CCN1CCN(c2ccc(Cl)cc2NS(=O)(=O)c2ccc3c(c2)CCO3)CC1. The Balaban J connectivity index is 1.61. The molecule has 2 heterocycles. The summed E-state index contributed by atoms with van der Waals surface area (Å²) in [6.45, 7) is 7.37. The molecule has 0 amide bonds. The number of piperazine rings is 1. The zero-order valence-corrected chi connectivity index (χ0v) is 17.4. The van der Waals surface area contributed by atoms with E-state index in [1.807, 2.05) is 6.07 Å². The average Bonchev–Trinajstić information content (AvgIpc) is 3.16. The minimum Gasteiger partial charge on any atom is -0.493 e. The highest BCUT2D eigenvalue weighted by molar-refractivity contribution is 7.92. The van der Waals surface area contributed by atoms with Gasteiger partial charge in [0.1, 0.15) is 5.75 Å². The van der Waals surface area contributed by atoms with Crippen molar-refractivity contribution in [3.8, 4) is 5.75 Å². The number of fused-ring (bicyclic) bond motifs is 1.